The third-order valence-electron chi connectivity index (χ3n) is 2.19. The molecule has 0 amide bonds. The lowest BCUT2D eigenvalue weighted by atomic mass is 10.0. The molecule has 0 aliphatic carbocycles. The van der Waals surface area contributed by atoms with Crippen LogP contribution in [0.3, 0.4) is 0 Å². The third-order valence-corrected chi connectivity index (χ3v) is 3.16. The van der Waals surface area contributed by atoms with Crippen LogP contribution in [0.5, 0.6) is 0 Å². The van der Waals surface area contributed by atoms with Gasteiger partial charge in [0.1, 0.15) is 0 Å². The van der Waals surface area contributed by atoms with Gasteiger partial charge >= 0.3 is 10.2 Å². The molecule has 2 nitrogen and oxygen atoms in total. The largest absolute Gasteiger partial charge is 0.302 e. The fourth-order valence-electron chi connectivity index (χ4n) is 1.53. The summed E-state index contributed by atoms with van der Waals surface area (Å²) in [5.41, 5.74) is 2.20. The monoisotopic (exact) mass is 230 g/mol. The van der Waals surface area contributed by atoms with Gasteiger partial charge in [0, 0.05) is 0 Å². The second-order valence-corrected chi connectivity index (χ2v) is 5.41. The molecule has 0 aromatic heterocycles. The van der Waals surface area contributed by atoms with E-state index in [-0.39, 0.29) is 5.92 Å². The summed E-state index contributed by atoms with van der Waals surface area (Å²) in [6.45, 7) is 3.72. The van der Waals surface area contributed by atoms with E-state index in [9.17, 15) is 12.3 Å². The van der Waals surface area contributed by atoms with Gasteiger partial charge in [-0.1, -0.05) is 36.8 Å². The van der Waals surface area contributed by atoms with Crippen molar-refractivity contribution in [2.24, 2.45) is 5.92 Å². The highest BCUT2D eigenvalue weighted by Crippen LogP contribution is 2.12. The highest BCUT2D eigenvalue weighted by atomic mass is 32.3. The van der Waals surface area contributed by atoms with Crippen LogP contribution in [0.4, 0.5) is 3.89 Å². The van der Waals surface area contributed by atoms with Crippen molar-refractivity contribution < 1.29 is 12.3 Å². The first-order valence-electron chi connectivity index (χ1n) is 4.85. The molecule has 0 saturated heterocycles. The van der Waals surface area contributed by atoms with Crippen molar-refractivity contribution in [3.8, 4) is 0 Å². The summed E-state index contributed by atoms with van der Waals surface area (Å²) in [4.78, 5) is 0. The Morgan fingerprint density at radius 3 is 2.27 bits per heavy atom. The number of halogens is 1. The van der Waals surface area contributed by atoms with Gasteiger partial charge in [0.05, 0.1) is 5.75 Å². The van der Waals surface area contributed by atoms with E-state index in [1.54, 1.807) is 6.92 Å². The van der Waals surface area contributed by atoms with Gasteiger partial charge in [0.2, 0.25) is 0 Å². The first kappa shape index (κ1) is 12.2. The first-order valence-corrected chi connectivity index (χ1v) is 6.40. The van der Waals surface area contributed by atoms with E-state index < -0.39 is 16.0 Å². The van der Waals surface area contributed by atoms with Gasteiger partial charge in [-0.2, -0.15) is 8.42 Å². The highest BCUT2D eigenvalue weighted by Gasteiger charge is 2.14. The maximum atomic E-state index is 12.4. The minimum absolute atomic E-state index is 0.192. The molecule has 0 saturated carbocycles. The lowest BCUT2D eigenvalue weighted by Crippen LogP contribution is -2.11. The van der Waals surface area contributed by atoms with E-state index in [1.807, 2.05) is 31.2 Å². The molecule has 0 radical (unpaired) electrons. The van der Waals surface area contributed by atoms with Crippen molar-refractivity contribution in [1.82, 2.24) is 0 Å². The molecule has 0 bridgehead atoms. The Morgan fingerprint density at radius 2 is 1.80 bits per heavy atom. The molecule has 0 heterocycles. The molecule has 15 heavy (non-hydrogen) atoms. The van der Waals surface area contributed by atoms with E-state index in [0.29, 0.717) is 6.42 Å². The maximum Gasteiger partial charge on any atom is 0.302 e. The molecular weight excluding hydrogens is 215 g/mol. The lowest BCUT2D eigenvalue weighted by Gasteiger charge is -2.08. The lowest BCUT2D eigenvalue weighted by molar-refractivity contribution is 0.530. The zero-order valence-electron chi connectivity index (χ0n) is 8.90. The number of hydrogen-bond donors (Lipinski definition) is 0. The summed E-state index contributed by atoms with van der Waals surface area (Å²) >= 11 is 0. The van der Waals surface area contributed by atoms with E-state index in [2.05, 4.69) is 0 Å². The topological polar surface area (TPSA) is 34.1 Å². The molecule has 1 unspecified atom stereocenters. The van der Waals surface area contributed by atoms with Crippen LogP contribution in [0.25, 0.3) is 0 Å². The van der Waals surface area contributed by atoms with E-state index in [4.69, 9.17) is 0 Å². The zero-order chi connectivity index (χ0) is 11.5. The van der Waals surface area contributed by atoms with Crippen LogP contribution in [-0.4, -0.2) is 14.2 Å². The van der Waals surface area contributed by atoms with Crippen LogP contribution in [0.15, 0.2) is 24.3 Å². The predicted molar refractivity (Wildman–Crippen MR) is 58.9 cm³/mol. The molecule has 0 fully saturated rings. The second-order valence-electron chi connectivity index (χ2n) is 4.00. The predicted octanol–water partition coefficient (Wildman–Crippen LogP) is 2.47. The summed E-state index contributed by atoms with van der Waals surface area (Å²) in [5, 5.41) is 0. The highest BCUT2D eigenvalue weighted by molar-refractivity contribution is 7.86. The van der Waals surface area contributed by atoms with E-state index >= 15 is 0 Å². The van der Waals surface area contributed by atoms with Crippen LogP contribution in [0.2, 0.25) is 0 Å². The van der Waals surface area contributed by atoms with Crippen LogP contribution < -0.4 is 0 Å². The van der Waals surface area contributed by atoms with Gasteiger partial charge in [-0.25, -0.2) is 0 Å². The number of aryl methyl sites for hydroxylation is 1. The van der Waals surface area contributed by atoms with Crippen molar-refractivity contribution in [1.29, 1.82) is 0 Å². The zero-order valence-corrected chi connectivity index (χ0v) is 9.72. The standard InChI is InChI=1S/C11H15FO2S/c1-9-3-5-11(6-4-9)7-10(2)8-15(12,13)14/h3-6,10H,7-8H2,1-2H3. The summed E-state index contributed by atoms with van der Waals surface area (Å²) < 4.78 is 33.2. The van der Waals surface area contributed by atoms with Crippen molar-refractivity contribution in [2.75, 3.05) is 5.75 Å². The average molecular weight is 230 g/mol. The van der Waals surface area contributed by atoms with Crippen LogP contribution in [0.1, 0.15) is 18.1 Å². The normalized spacial score (nSPS) is 13.8. The Labute approximate surface area is 90.3 Å². The Bertz CT molecular complexity index is 409. The Balaban J connectivity index is 2.59. The molecule has 1 aromatic carbocycles. The summed E-state index contributed by atoms with van der Waals surface area (Å²) in [7, 11) is -4.35. The molecule has 0 aliphatic rings. The van der Waals surface area contributed by atoms with Gasteiger partial charge in [-0.3, -0.25) is 0 Å². The summed E-state index contributed by atoms with van der Waals surface area (Å²) in [6, 6.07) is 7.81. The number of hydrogen-bond acceptors (Lipinski definition) is 2. The number of rotatable bonds is 4. The molecule has 1 rings (SSSR count). The molecule has 0 aliphatic heterocycles. The molecule has 0 N–H and O–H groups in total. The fraction of sp³-hybridized carbons (Fsp3) is 0.455. The van der Waals surface area contributed by atoms with Gasteiger partial charge < -0.3 is 0 Å². The quantitative estimate of drug-likeness (QED) is 0.745. The maximum absolute atomic E-state index is 12.4. The average Bonchev–Trinajstić information content (AvgIpc) is 2.05. The minimum Gasteiger partial charge on any atom is -0.195 e. The van der Waals surface area contributed by atoms with E-state index in [0.717, 1.165) is 11.1 Å². The molecule has 1 aromatic rings. The molecule has 84 valence electrons. The smallest absolute Gasteiger partial charge is 0.195 e. The molecule has 4 heteroatoms. The molecular formula is C11H15FO2S. The van der Waals surface area contributed by atoms with Crippen LogP contribution >= 0.6 is 0 Å². The first-order chi connectivity index (χ1) is 6.87. The van der Waals surface area contributed by atoms with Crippen molar-refractivity contribution in [3.63, 3.8) is 0 Å². The Hall–Kier alpha value is -0.900. The Kier molecular flexibility index (Phi) is 3.85. The van der Waals surface area contributed by atoms with Gasteiger partial charge in [0.25, 0.3) is 0 Å². The van der Waals surface area contributed by atoms with Crippen LogP contribution in [-0.2, 0) is 16.6 Å². The SMILES string of the molecule is Cc1ccc(CC(C)CS(=O)(=O)F)cc1. The van der Waals surface area contributed by atoms with Crippen molar-refractivity contribution in [3.05, 3.63) is 35.4 Å². The van der Waals surface area contributed by atoms with Gasteiger partial charge in [0.15, 0.2) is 0 Å². The second kappa shape index (κ2) is 4.75. The summed E-state index contributed by atoms with van der Waals surface area (Å²) in [5.74, 6) is -0.594. The van der Waals surface area contributed by atoms with E-state index in [1.165, 1.54) is 0 Å². The number of benzene rings is 1. The van der Waals surface area contributed by atoms with Crippen molar-refractivity contribution in [2.45, 2.75) is 20.3 Å². The van der Waals surface area contributed by atoms with Gasteiger partial charge in [-0.05, 0) is 24.8 Å². The van der Waals surface area contributed by atoms with Gasteiger partial charge in [-0.15, -0.1) is 3.89 Å². The van der Waals surface area contributed by atoms with Crippen LogP contribution in [0, 0.1) is 12.8 Å². The third kappa shape index (κ3) is 4.93. The fourth-order valence-corrected chi connectivity index (χ4v) is 2.32. The Morgan fingerprint density at radius 1 is 1.27 bits per heavy atom. The minimum atomic E-state index is -4.35. The van der Waals surface area contributed by atoms with Crippen molar-refractivity contribution >= 4 is 10.2 Å². The summed E-state index contributed by atoms with van der Waals surface area (Å²) in [6.07, 6.45) is 0.587. The molecule has 1 atom stereocenters. The molecule has 0 spiro atoms.